The van der Waals surface area contributed by atoms with Crippen molar-refractivity contribution in [3.05, 3.63) is 47.4 Å². The predicted octanol–water partition coefficient (Wildman–Crippen LogP) is 3.88. The summed E-state index contributed by atoms with van der Waals surface area (Å²) >= 11 is 0. The van der Waals surface area contributed by atoms with Gasteiger partial charge < -0.3 is 15.2 Å². The minimum absolute atomic E-state index is 0. The number of pyridine rings is 1. The van der Waals surface area contributed by atoms with E-state index in [2.05, 4.69) is 27.7 Å². The number of halogens is 2. The van der Waals surface area contributed by atoms with Crippen molar-refractivity contribution < 1.29 is 13.7 Å². The van der Waals surface area contributed by atoms with E-state index in [-0.39, 0.29) is 29.5 Å². The second-order valence-corrected chi connectivity index (χ2v) is 7.75. The predicted molar refractivity (Wildman–Crippen MR) is 112 cm³/mol. The van der Waals surface area contributed by atoms with Crippen LogP contribution in [0.1, 0.15) is 35.8 Å². The Balaban J connectivity index is 0.00000240. The lowest BCUT2D eigenvalue weighted by Crippen LogP contribution is -2.42. The van der Waals surface area contributed by atoms with Crippen LogP contribution in [0.5, 0.6) is 0 Å². The Labute approximate surface area is 174 Å². The van der Waals surface area contributed by atoms with Crippen molar-refractivity contribution in [2.75, 3.05) is 19.6 Å². The zero-order valence-corrected chi connectivity index (χ0v) is 17.2. The summed E-state index contributed by atoms with van der Waals surface area (Å²) in [6, 6.07) is 7.71. The molecule has 0 bridgehead atoms. The van der Waals surface area contributed by atoms with Gasteiger partial charge in [0.15, 0.2) is 0 Å². The van der Waals surface area contributed by atoms with E-state index in [1.54, 1.807) is 25.1 Å². The van der Waals surface area contributed by atoms with Crippen LogP contribution in [0.3, 0.4) is 0 Å². The number of benzene rings is 1. The zero-order valence-electron chi connectivity index (χ0n) is 16.4. The number of carbonyl (C=O) groups is 1. The molecule has 0 aliphatic carbocycles. The molecule has 0 spiro atoms. The highest BCUT2D eigenvalue weighted by atomic mass is 35.5. The van der Waals surface area contributed by atoms with Crippen LogP contribution in [0, 0.1) is 18.2 Å². The van der Waals surface area contributed by atoms with Crippen molar-refractivity contribution in [2.24, 2.45) is 5.41 Å². The largest absolute Gasteiger partial charge is 0.351 e. The number of carbonyl (C=O) groups excluding carboxylic acids is 1. The number of aromatic nitrogens is 2. The third-order valence-electron chi connectivity index (χ3n) is 5.49. The molecule has 1 saturated heterocycles. The smallest absolute Gasteiger partial charge is 0.259 e. The van der Waals surface area contributed by atoms with Gasteiger partial charge in [-0.3, -0.25) is 4.79 Å². The van der Waals surface area contributed by atoms with Crippen molar-refractivity contribution >= 4 is 29.4 Å². The molecule has 2 N–H and O–H groups in total. The summed E-state index contributed by atoms with van der Waals surface area (Å²) in [5, 5.41) is 11.0. The Kier molecular flexibility index (Phi) is 6.19. The zero-order chi connectivity index (χ0) is 19.7. The molecule has 1 aromatic carbocycles. The van der Waals surface area contributed by atoms with Gasteiger partial charge in [0.25, 0.3) is 11.6 Å². The lowest BCUT2D eigenvalue weighted by Gasteiger charge is -2.34. The maximum absolute atomic E-state index is 13.3. The van der Waals surface area contributed by atoms with Crippen molar-refractivity contribution in [3.8, 4) is 11.3 Å². The Morgan fingerprint density at radius 2 is 1.97 bits per heavy atom. The van der Waals surface area contributed by atoms with Gasteiger partial charge in [-0.05, 0) is 68.6 Å². The van der Waals surface area contributed by atoms with Crippen LogP contribution in [0.4, 0.5) is 4.39 Å². The molecule has 1 aliphatic rings. The summed E-state index contributed by atoms with van der Waals surface area (Å²) < 4.78 is 18.6. The number of hydrogen-bond acceptors (Lipinski definition) is 5. The maximum atomic E-state index is 13.3. The number of rotatable bonds is 4. The van der Waals surface area contributed by atoms with Crippen LogP contribution >= 0.6 is 12.4 Å². The molecule has 1 amide bonds. The topological polar surface area (TPSA) is 80.0 Å². The van der Waals surface area contributed by atoms with Crippen molar-refractivity contribution in [1.82, 2.24) is 20.8 Å². The van der Waals surface area contributed by atoms with E-state index in [0.29, 0.717) is 40.2 Å². The molecule has 0 radical (unpaired) electrons. The van der Waals surface area contributed by atoms with E-state index in [0.717, 1.165) is 25.9 Å². The monoisotopic (exact) mass is 418 g/mol. The average molecular weight is 419 g/mol. The third kappa shape index (κ3) is 4.41. The van der Waals surface area contributed by atoms with Gasteiger partial charge in [0.2, 0.25) is 0 Å². The van der Waals surface area contributed by atoms with Crippen LogP contribution in [-0.4, -0.2) is 35.7 Å². The summed E-state index contributed by atoms with van der Waals surface area (Å²) in [5.41, 5.74) is 2.72. The van der Waals surface area contributed by atoms with Crippen molar-refractivity contribution in [2.45, 2.75) is 26.7 Å². The van der Waals surface area contributed by atoms with E-state index >= 15 is 0 Å². The number of amides is 1. The fourth-order valence-electron chi connectivity index (χ4n) is 3.64. The molecule has 1 fully saturated rings. The highest BCUT2D eigenvalue weighted by molar-refractivity contribution is 6.07. The molecular weight excluding hydrogens is 395 g/mol. The normalized spacial score (nSPS) is 15.7. The first-order valence-electron chi connectivity index (χ1n) is 9.47. The van der Waals surface area contributed by atoms with Crippen LogP contribution in [0.25, 0.3) is 22.4 Å². The molecule has 0 atom stereocenters. The van der Waals surface area contributed by atoms with Gasteiger partial charge in [-0.25, -0.2) is 9.37 Å². The molecule has 2 aromatic heterocycles. The summed E-state index contributed by atoms with van der Waals surface area (Å²) in [6.45, 7) is 6.52. The lowest BCUT2D eigenvalue weighted by atomic mass is 9.81. The van der Waals surface area contributed by atoms with E-state index in [9.17, 15) is 9.18 Å². The Morgan fingerprint density at radius 1 is 1.28 bits per heavy atom. The summed E-state index contributed by atoms with van der Waals surface area (Å²) in [4.78, 5) is 17.5. The first-order valence-corrected chi connectivity index (χ1v) is 9.47. The Bertz CT molecular complexity index is 1010. The molecule has 29 heavy (non-hydrogen) atoms. The van der Waals surface area contributed by atoms with E-state index in [1.807, 2.05) is 0 Å². The number of nitrogens with zero attached hydrogens (tertiary/aromatic N) is 2. The number of hydrogen-bond donors (Lipinski definition) is 2. The fourth-order valence-corrected chi connectivity index (χ4v) is 3.64. The molecule has 0 unspecified atom stereocenters. The van der Waals surface area contributed by atoms with Crippen LogP contribution in [0.15, 0.2) is 34.9 Å². The number of nitrogens with one attached hydrogen (secondary N) is 2. The molecule has 3 heterocycles. The molecule has 3 aromatic rings. The number of piperidine rings is 1. The summed E-state index contributed by atoms with van der Waals surface area (Å²) in [6.07, 6.45) is 2.04. The standard InChI is InChI=1S/C21H23FN4O2.ClH/c1-13-18-16(19(27)24-12-21(2)7-9-23-10-8-21)11-17(25-20(18)28-26-13)14-3-5-15(22)6-4-14;/h3-6,11,23H,7-10,12H2,1-2H3,(H,24,27);1H. The van der Waals surface area contributed by atoms with Gasteiger partial charge >= 0.3 is 0 Å². The van der Waals surface area contributed by atoms with E-state index in [4.69, 9.17) is 4.52 Å². The van der Waals surface area contributed by atoms with Gasteiger partial charge in [0.05, 0.1) is 22.3 Å². The minimum Gasteiger partial charge on any atom is -0.351 e. The van der Waals surface area contributed by atoms with Gasteiger partial charge in [0.1, 0.15) is 5.82 Å². The summed E-state index contributed by atoms with van der Waals surface area (Å²) in [5.74, 6) is -0.504. The van der Waals surface area contributed by atoms with Gasteiger partial charge in [-0.15, -0.1) is 12.4 Å². The maximum Gasteiger partial charge on any atom is 0.259 e. The minimum atomic E-state index is -0.325. The lowest BCUT2D eigenvalue weighted by molar-refractivity contribution is 0.0924. The highest BCUT2D eigenvalue weighted by Crippen LogP contribution is 2.29. The average Bonchev–Trinajstić information content (AvgIpc) is 3.08. The molecule has 8 heteroatoms. The van der Waals surface area contributed by atoms with Crippen LogP contribution in [-0.2, 0) is 0 Å². The second kappa shape index (κ2) is 8.47. The van der Waals surface area contributed by atoms with Gasteiger partial charge in [0, 0.05) is 12.1 Å². The first-order chi connectivity index (χ1) is 13.5. The summed E-state index contributed by atoms with van der Waals surface area (Å²) in [7, 11) is 0. The molecule has 6 nitrogen and oxygen atoms in total. The molecule has 1 aliphatic heterocycles. The van der Waals surface area contributed by atoms with Crippen LogP contribution < -0.4 is 10.6 Å². The fraction of sp³-hybridized carbons (Fsp3) is 0.381. The number of fused-ring (bicyclic) bond motifs is 1. The van der Waals surface area contributed by atoms with Gasteiger partial charge in [-0.2, -0.15) is 0 Å². The molecular formula is C21H24ClFN4O2. The Hall–Kier alpha value is -2.51. The SMILES string of the molecule is Cc1noc2nc(-c3ccc(F)cc3)cc(C(=O)NCC3(C)CCNCC3)c12.Cl. The van der Waals surface area contributed by atoms with Crippen molar-refractivity contribution in [1.29, 1.82) is 0 Å². The third-order valence-corrected chi connectivity index (χ3v) is 5.49. The second-order valence-electron chi connectivity index (χ2n) is 7.75. The van der Waals surface area contributed by atoms with E-state index < -0.39 is 0 Å². The van der Waals surface area contributed by atoms with Crippen molar-refractivity contribution in [3.63, 3.8) is 0 Å². The quantitative estimate of drug-likeness (QED) is 0.672. The first kappa shape index (κ1) is 21.2. The highest BCUT2D eigenvalue weighted by Gasteiger charge is 2.28. The number of aryl methyl sites for hydroxylation is 1. The van der Waals surface area contributed by atoms with E-state index in [1.165, 1.54) is 12.1 Å². The molecule has 154 valence electrons. The Morgan fingerprint density at radius 3 is 2.66 bits per heavy atom. The molecule has 0 saturated carbocycles. The van der Waals surface area contributed by atoms with Gasteiger partial charge in [-0.1, -0.05) is 12.1 Å². The van der Waals surface area contributed by atoms with Crippen LogP contribution in [0.2, 0.25) is 0 Å². The molecule has 4 rings (SSSR count).